The molecule has 110 valence electrons. The Kier molecular flexibility index (Phi) is 4.31. The fourth-order valence-corrected chi connectivity index (χ4v) is 4.78. The van der Waals surface area contributed by atoms with E-state index in [9.17, 15) is 0 Å². The topological polar surface area (TPSA) is 60.2 Å². The summed E-state index contributed by atoms with van der Waals surface area (Å²) >= 11 is 2.01. The average molecular weight is 293 g/mol. The van der Waals surface area contributed by atoms with Gasteiger partial charge in [-0.2, -0.15) is 11.8 Å². The maximum Gasteiger partial charge on any atom is 0.0783 e. The second-order valence-electron chi connectivity index (χ2n) is 5.99. The first-order chi connectivity index (χ1) is 9.72. The van der Waals surface area contributed by atoms with Crippen LogP contribution >= 0.6 is 11.8 Å². The van der Waals surface area contributed by atoms with E-state index in [0.29, 0.717) is 5.92 Å². The normalized spacial score (nSPS) is 31.6. The van der Waals surface area contributed by atoms with Gasteiger partial charge < -0.3 is 4.74 Å². The zero-order valence-electron chi connectivity index (χ0n) is 12.0. The Bertz CT molecular complexity index is 462. The number of rotatable bonds is 3. The first-order valence-electron chi connectivity index (χ1n) is 7.33. The number of hydrazine groups is 1. The van der Waals surface area contributed by atoms with Crippen LogP contribution in [-0.2, 0) is 4.74 Å². The number of thioether (sulfide) groups is 1. The quantitative estimate of drug-likeness (QED) is 0.661. The highest BCUT2D eigenvalue weighted by Gasteiger charge is 2.42. The van der Waals surface area contributed by atoms with E-state index in [1.807, 2.05) is 24.0 Å². The highest BCUT2D eigenvalue weighted by molar-refractivity contribution is 7.99. The third kappa shape index (κ3) is 2.86. The highest BCUT2D eigenvalue weighted by atomic mass is 32.2. The molecule has 20 heavy (non-hydrogen) atoms. The Balaban J connectivity index is 1.78. The number of hydrogen-bond donors (Lipinski definition) is 2. The van der Waals surface area contributed by atoms with Crippen molar-refractivity contribution < 1.29 is 4.74 Å². The molecule has 2 aliphatic heterocycles. The third-order valence-corrected chi connectivity index (χ3v) is 5.73. The summed E-state index contributed by atoms with van der Waals surface area (Å²) in [6, 6.07) is 4.29. The summed E-state index contributed by atoms with van der Waals surface area (Å²) in [5.41, 5.74) is 5.37. The zero-order valence-corrected chi connectivity index (χ0v) is 12.8. The van der Waals surface area contributed by atoms with Crippen LogP contribution in [0.2, 0.25) is 0 Å². The van der Waals surface area contributed by atoms with Gasteiger partial charge in [0, 0.05) is 18.6 Å². The fraction of sp³-hybridized carbons (Fsp3) is 0.667. The lowest BCUT2D eigenvalue weighted by atomic mass is 9.80. The van der Waals surface area contributed by atoms with Crippen molar-refractivity contribution in [3.8, 4) is 0 Å². The molecule has 0 amide bonds. The lowest BCUT2D eigenvalue weighted by Crippen LogP contribution is -2.45. The second kappa shape index (κ2) is 6.02. The van der Waals surface area contributed by atoms with Gasteiger partial charge in [-0.3, -0.25) is 16.3 Å². The van der Waals surface area contributed by atoms with Crippen LogP contribution in [0.5, 0.6) is 0 Å². The summed E-state index contributed by atoms with van der Waals surface area (Å²) in [5.74, 6) is 8.68. The number of nitrogens with two attached hydrogens (primary N) is 1. The van der Waals surface area contributed by atoms with Gasteiger partial charge in [0.1, 0.15) is 0 Å². The Morgan fingerprint density at radius 2 is 2.50 bits per heavy atom. The van der Waals surface area contributed by atoms with Crippen LogP contribution < -0.4 is 11.3 Å². The molecule has 3 unspecified atom stereocenters. The first kappa shape index (κ1) is 14.3. The van der Waals surface area contributed by atoms with Crippen LogP contribution in [0.1, 0.15) is 36.6 Å². The molecule has 3 N–H and O–H groups in total. The summed E-state index contributed by atoms with van der Waals surface area (Å²) < 4.78 is 6.10. The minimum absolute atomic E-state index is 0.0898. The van der Waals surface area contributed by atoms with E-state index in [1.54, 1.807) is 0 Å². The number of aryl methyl sites for hydroxylation is 1. The van der Waals surface area contributed by atoms with Crippen LogP contribution in [-0.4, -0.2) is 28.7 Å². The maximum atomic E-state index is 6.10. The lowest BCUT2D eigenvalue weighted by Gasteiger charge is -2.40. The van der Waals surface area contributed by atoms with E-state index >= 15 is 0 Å². The zero-order chi connectivity index (χ0) is 14.0. The predicted molar refractivity (Wildman–Crippen MR) is 82.4 cm³/mol. The summed E-state index contributed by atoms with van der Waals surface area (Å²) in [7, 11) is 0. The summed E-state index contributed by atoms with van der Waals surface area (Å²) in [5, 5.41) is 0. The molecule has 1 aromatic rings. The molecule has 0 radical (unpaired) electrons. The third-order valence-electron chi connectivity index (χ3n) is 4.50. The van der Waals surface area contributed by atoms with Crippen LogP contribution in [0.25, 0.3) is 0 Å². The van der Waals surface area contributed by atoms with Crippen molar-refractivity contribution in [1.29, 1.82) is 0 Å². The fourth-order valence-electron chi connectivity index (χ4n) is 3.41. The number of ether oxygens (including phenoxy) is 1. The second-order valence-corrected chi connectivity index (χ2v) is 7.09. The van der Waals surface area contributed by atoms with Gasteiger partial charge in [0.15, 0.2) is 0 Å². The largest absolute Gasteiger partial charge is 0.374 e. The minimum atomic E-state index is 0.0898. The number of pyridine rings is 1. The molecule has 1 aromatic heterocycles. The Morgan fingerprint density at radius 3 is 3.20 bits per heavy atom. The Labute approximate surface area is 124 Å². The van der Waals surface area contributed by atoms with Crippen molar-refractivity contribution in [3.05, 3.63) is 29.6 Å². The minimum Gasteiger partial charge on any atom is -0.374 e. The Morgan fingerprint density at radius 1 is 1.60 bits per heavy atom. The van der Waals surface area contributed by atoms with E-state index < -0.39 is 0 Å². The molecule has 4 nitrogen and oxygen atoms in total. The van der Waals surface area contributed by atoms with Crippen LogP contribution in [0.4, 0.5) is 0 Å². The molecule has 0 aromatic carbocycles. The lowest BCUT2D eigenvalue weighted by molar-refractivity contribution is -0.0856. The summed E-state index contributed by atoms with van der Waals surface area (Å²) in [6.45, 7) is 2.94. The van der Waals surface area contributed by atoms with Crippen molar-refractivity contribution in [1.82, 2.24) is 10.4 Å². The molecule has 0 bridgehead atoms. The standard InChI is InChI=1S/C15H23N3OS/c1-11-2-5-17-13(8-11)14(18-16)12-3-6-19-15(9-12)4-7-20-10-15/h2,5,8,12,14,18H,3-4,6-7,9-10,16H2,1H3. The van der Waals surface area contributed by atoms with Gasteiger partial charge >= 0.3 is 0 Å². The molecule has 2 aliphatic rings. The Hall–Kier alpha value is -0.620. The highest BCUT2D eigenvalue weighted by Crippen LogP contribution is 2.43. The summed E-state index contributed by atoms with van der Waals surface area (Å²) in [4.78, 5) is 4.51. The van der Waals surface area contributed by atoms with E-state index in [1.165, 1.54) is 17.7 Å². The van der Waals surface area contributed by atoms with Crippen molar-refractivity contribution in [2.45, 2.75) is 37.8 Å². The van der Waals surface area contributed by atoms with E-state index in [2.05, 4.69) is 23.4 Å². The van der Waals surface area contributed by atoms with Crippen molar-refractivity contribution >= 4 is 11.8 Å². The van der Waals surface area contributed by atoms with Crippen LogP contribution in [0.3, 0.4) is 0 Å². The van der Waals surface area contributed by atoms with E-state index in [4.69, 9.17) is 10.6 Å². The van der Waals surface area contributed by atoms with Gasteiger partial charge in [-0.05, 0) is 55.6 Å². The molecule has 2 saturated heterocycles. The number of aromatic nitrogens is 1. The summed E-state index contributed by atoms with van der Waals surface area (Å²) in [6.07, 6.45) is 5.18. The molecule has 5 heteroatoms. The van der Waals surface area contributed by atoms with Gasteiger partial charge in [-0.1, -0.05) is 0 Å². The predicted octanol–water partition coefficient (Wildman–Crippen LogP) is 2.20. The molecule has 0 aliphatic carbocycles. The molecular formula is C15H23N3OS. The van der Waals surface area contributed by atoms with Crippen molar-refractivity contribution in [2.24, 2.45) is 11.8 Å². The molecule has 1 spiro atoms. The van der Waals surface area contributed by atoms with Gasteiger partial charge in [-0.25, -0.2) is 0 Å². The number of hydrogen-bond acceptors (Lipinski definition) is 5. The SMILES string of the molecule is Cc1ccnc(C(NN)C2CCOC3(CCSC3)C2)c1. The van der Waals surface area contributed by atoms with Gasteiger partial charge in [0.05, 0.1) is 17.3 Å². The maximum absolute atomic E-state index is 6.10. The van der Waals surface area contributed by atoms with Crippen LogP contribution in [0.15, 0.2) is 18.3 Å². The molecule has 3 atom stereocenters. The van der Waals surface area contributed by atoms with Gasteiger partial charge in [0.2, 0.25) is 0 Å². The smallest absolute Gasteiger partial charge is 0.0783 e. The molecule has 3 heterocycles. The molecule has 2 fully saturated rings. The average Bonchev–Trinajstić information content (AvgIpc) is 2.88. The van der Waals surface area contributed by atoms with E-state index in [-0.39, 0.29) is 11.6 Å². The van der Waals surface area contributed by atoms with Gasteiger partial charge in [-0.15, -0.1) is 0 Å². The van der Waals surface area contributed by atoms with Crippen LogP contribution in [0, 0.1) is 12.8 Å². The van der Waals surface area contributed by atoms with Crippen molar-refractivity contribution in [2.75, 3.05) is 18.1 Å². The van der Waals surface area contributed by atoms with E-state index in [0.717, 1.165) is 30.9 Å². The van der Waals surface area contributed by atoms with Crippen molar-refractivity contribution in [3.63, 3.8) is 0 Å². The molecular weight excluding hydrogens is 270 g/mol. The molecule has 3 rings (SSSR count). The molecule has 0 saturated carbocycles. The monoisotopic (exact) mass is 293 g/mol. The first-order valence-corrected chi connectivity index (χ1v) is 8.48. The van der Waals surface area contributed by atoms with Gasteiger partial charge in [0.25, 0.3) is 0 Å². The number of nitrogens with zero attached hydrogens (tertiary/aromatic N) is 1. The number of nitrogens with one attached hydrogen (secondary N) is 1.